The summed E-state index contributed by atoms with van der Waals surface area (Å²) in [6.45, 7) is 2.52. The third kappa shape index (κ3) is 3.70. The second-order valence-corrected chi connectivity index (χ2v) is 7.35. The van der Waals surface area contributed by atoms with Gasteiger partial charge in [0.25, 0.3) is 11.6 Å². The largest absolute Gasteiger partial charge is 0.337 e. The van der Waals surface area contributed by atoms with Crippen LogP contribution in [0.2, 0.25) is 0 Å². The first kappa shape index (κ1) is 19.1. The summed E-state index contributed by atoms with van der Waals surface area (Å²) in [7, 11) is 0. The minimum Gasteiger partial charge on any atom is -0.337 e. The number of nitro benzene ring substituents is 1. The predicted molar refractivity (Wildman–Crippen MR) is 105 cm³/mol. The number of fused-ring (bicyclic) bond motifs is 1. The molecule has 2 N–H and O–H groups in total. The Morgan fingerprint density at radius 1 is 1.21 bits per heavy atom. The number of hydrogen-bond acceptors (Lipinski definition) is 6. The van der Waals surface area contributed by atoms with Crippen LogP contribution < -0.4 is 10.9 Å². The van der Waals surface area contributed by atoms with Crippen LogP contribution in [0, 0.1) is 10.1 Å². The molecule has 1 unspecified atom stereocenters. The number of carbonyl (C=O) groups excluding carboxylic acids is 2. The fraction of sp³-hybridized carbons (Fsp3) is 0.421. The van der Waals surface area contributed by atoms with Gasteiger partial charge in [0.15, 0.2) is 0 Å². The third-order valence-corrected chi connectivity index (χ3v) is 5.52. The van der Waals surface area contributed by atoms with Crippen molar-refractivity contribution in [1.82, 2.24) is 20.1 Å². The van der Waals surface area contributed by atoms with E-state index in [1.807, 2.05) is 4.90 Å². The molecule has 0 spiro atoms. The van der Waals surface area contributed by atoms with Gasteiger partial charge in [0.2, 0.25) is 11.5 Å². The second-order valence-electron chi connectivity index (χ2n) is 7.35. The maximum absolute atomic E-state index is 13.2. The number of non-ortho nitro benzene ring substituents is 1. The number of amides is 2. The van der Waals surface area contributed by atoms with Crippen LogP contribution in [0.15, 0.2) is 29.1 Å². The molecular formula is C19H21N5O5. The number of carbonyl (C=O) groups is 2. The highest BCUT2D eigenvalue weighted by Gasteiger charge is 2.32. The lowest BCUT2D eigenvalue weighted by Gasteiger charge is -2.41. The Morgan fingerprint density at radius 3 is 2.79 bits per heavy atom. The minimum atomic E-state index is -0.536. The van der Waals surface area contributed by atoms with E-state index in [9.17, 15) is 24.5 Å². The molecule has 0 radical (unpaired) electrons. The van der Waals surface area contributed by atoms with Gasteiger partial charge in [-0.25, -0.2) is 0 Å². The van der Waals surface area contributed by atoms with Gasteiger partial charge in [-0.3, -0.25) is 24.5 Å². The van der Waals surface area contributed by atoms with Gasteiger partial charge in [0.1, 0.15) is 0 Å². The number of H-pyrrole nitrogens is 1. The van der Waals surface area contributed by atoms with Crippen LogP contribution in [-0.4, -0.2) is 70.3 Å². The molecule has 2 saturated heterocycles. The summed E-state index contributed by atoms with van der Waals surface area (Å²) in [5, 5.41) is 14.5. The summed E-state index contributed by atoms with van der Waals surface area (Å²) < 4.78 is 0. The Labute approximate surface area is 165 Å². The molecule has 2 aliphatic rings. The SMILES string of the molecule is O=C(c1cc(=O)[nH]c2ccc([N+](=O)[O-])cc12)N1CCCC(N2CCNCC2=O)C1. The topological polar surface area (TPSA) is 129 Å². The zero-order valence-electron chi connectivity index (χ0n) is 15.7. The number of nitrogens with one attached hydrogen (secondary N) is 2. The van der Waals surface area contributed by atoms with Gasteiger partial charge in [-0.1, -0.05) is 0 Å². The van der Waals surface area contributed by atoms with Gasteiger partial charge in [0, 0.05) is 61.3 Å². The Bertz CT molecular complexity index is 1050. The smallest absolute Gasteiger partial charge is 0.270 e. The van der Waals surface area contributed by atoms with Crippen molar-refractivity contribution in [1.29, 1.82) is 0 Å². The summed E-state index contributed by atoms with van der Waals surface area (Å²) in [6, 6.07) is 5.15. The molecule has 2 aliphatic heterocycles. The predicted octanol–water partition coefficient (Wildman–Crippen LogP) is 0.473. The fourth-order valence-corrected chi connectivity index (χ4v) is 4.10. The summed E-state index contributed by atoms with van der Waals surface area (Å²) in [5.74, 6) is -0.332. The van der Waals surface area contributed by atoms with Crippen molar-refractivity contribution in [3.63, 3.8) is 0 Å². The lowest BCUT2D eigenvalue weighted by molar-refractivity contribution is -0.384. The Kier molecular flexibility index (Phi) is 5.01. The van der Waals surface area contributed by atoms with E-state index >= 15 is 0 Å². The molecule has 29 heavy (non-hydrogen) atoms. The molecule has 2 fully saturated rings. The van der Waals surface area contributed by atoms with Crippen LogP contribution in [0.3, 0.4) is 0 Å². The zero-order chi connectivity index (χ0) is 20.5. The molecule has 4 rings (SSSR count). The van der Waals surface area contributed by atoms with Crippen LogP contribution >= 0.6 is 0 Å². The van der Waals surface area contributed by atoms with Gasteiger partial charge in [-0.15, -0.1) is 0 Å². The van der Waals surface area contributed by atoms with Crippen molar-refractivity contribution in [3.8, 4) is 0 Å². The third-order valence-electron chi connectivity index (χ3n) is 5.52. The molecule has 10 nitrogen and oxygen atoms in total. The highest BCUT2D eigenvalue weighted by molar-refractivity contribution is 6.06. The van der Waals surface area contributed by atoms with Crippen molar-refractivity contribution in [2.75, 3.05) is 32.7 Å². The number of piperazine rings is 1. The van der Waals surface area contributed by atoms with E-state index in [0.29, 0.717) is 37.1 Å². The van der Waals surface area contributed by atoms with Crippen molar-refractivity contribution >= 4 is 28.4 Å². The molecule has 0 aliphatic carbocycles. The first-order chi connectivity index (χ1) is 13.9. The normalized spacial score (nSPS) is 20.1. The van der Waals surface area contributed by atoms with Gasteiger partial charge >= 0.3 is 0 Å². The first-order valence-electron chi connectivity index (χ1n) is 9.55. The van der Waals surface area contributed by atoms with E-state index < -0.39 is 10.5 Å². The van der Waals surface area contributed by atoms with E-state index in [4.69, 9.17) is 0 Å². The molecule has 10 heteroatoms. The molecule has 2 amide bonds. The molecule has 0 saturated carbocycles. The number of benzene rings is 1. The number of likely N-dealkylation sites (tertiary alicyclic amines) is 1. The Morgan fingerprint density at radius 2 is 2.03 bits per heavy atom. The fourth-order valence-electron chi connectivity index (χ4n) is 4.10. The summed E-state index contributed by atoms with van der Waals surface area (Å²) in [4.78, 5) is 54.2. The minimum absolute atomic E-state index is 0.0211. The molecule has 2 aromatic rings. The Hall–Kier alpha value is -3.27. The van der Waals surface area contributed by atoms with E-state index in [0.717, 1.165) is 19.4 Å². The van der Waals surface area contributed by atoms with Crippen LogP contribution in [0.25, 0.3) is 10.9 Å². The molecule has 3 heterocycles. The standard InChI is InChI=1S/C19H21N5O5/c25-17-9-15(14-8-12(24(28)29)3-4-16(14)21-17)19(27)22-6-1-2-13(11-22)23-7-5-20-10-18(23)26/h3-4,8-9,13,20H,1-2,5-7,10-11H2,(H,21,25). The number of piperidine rings is 1. The molecule has 1 atom stereocenters. The zero-order valence-corrected chi connectivity index (χ0v) is 15.7. The highest BCUT2D eigenvalue weighted by Crippen LogP contribution is 2.25. The van der Waals surface area contributed by atoms with Crippen molar-refractivity contribution in [3.05, 3.63) is 50.3 Å². The average molecular weight is 399 g/mol. The van der Waals surface area contributed by atoms with Crippen molar-refractivity contribution in [2.24, 2.45) is 0 Å². The number of nitro groups is 1. The number of pyridine rings is 1. The Balaban J connectivity index is 1.65. The van der Waals surface area contributed by atoms with Gasteiger partial charge < -0.3 is 20.1 Å². The van der Waals surface area contributed by atoms with Gasteiger partial charge in [-0.2, -0.15) is 0 Å². The molecular weight excluding hydrogens is 378 g/mol. The summed E-state index contributed by atoms with van der Waals surface area (Å²) >= 11 is 0. The monoisotopic (exact) mass is 399 g/mol. The number of hydrogen-bond donors (Lipinski definition) is 2. The number of nitrogens with zero attached hydrogens (tertiary/aromatic N) is 3. The van der Waals surface area contributed by atoms with Gasteiger partial charge in [0.05, 0.1) is 17.0 Å². The second kappa shape index (κ2) is 7.63. The highest BCUT2D eigenvalue weighted by atomic mass is 16.6. The molecule has 0 bridgehead atoms. The quantitative estimate of drug-likeness (QED) is 0.570. The lowest BCUT2D eigenvalue weighted by Crippen LogP contribution is -2.57. The average Bonchev–Trinajstić information content (AvgIpc) is 2.72. The van der Waals surface area contributed by atoms with E-state index in [2.05, 4.69) is 10.3 Å². The number of rotatable bonds is 3. The summed E-state index contributed by atoms with van der Waals surface area (Å²) in [5.41, 5.74) is -0.0842. The van der Waals surface area contributed by atoms with Crippen LogP contribution in [0.5, 0.6) is 0 Å². The van der Waals surface area contributed by atoms with Crippen LogP contribution in [-0.2, 0) is 4.79 Å². The van der Waals surface area contributed by atoms with Crippen molar-refractivity contribution in [2.45, 2.75) is 18.9 Å². The molecule has 152 valence electrons. The van der Waals surface area contributed by atoms with Crippen molar-refractivity contribution < 1.29 is 14.5 Å². The maximum Gasteiger partial charge on any atom is 0.270 e. The molecule has 1 aromatic carbocycles. The number of aromatic amines is 1. The lowest BCUT2D eigenvalue weighted by atomic mass is 10.0. The van der Waals surface area contributed by atoms with E-state index in [1.165, 1.54) is 24.3 Å². The first-order valence-corrected chi connectivity index (χ1v) is 9.55. The van der Waals surface area contributed by atoms with Crippen LogP contribution in [0.4, 0.5) is 5.69 Å². The van der Waals surface area contributed by atoms with E-state index in [1.54, 1.807) is 4.90 Å². The summed E-state index contributed by atoms with van der Waals surface area (Å²) in [6.07, 6.45) is 1.56. The van der Waals surface area contributed by atoms with Crippen LogP contribution in [0.1, 0.15) is 23.2 Å². The maximum atomic E-state index is 13.2. The molecule has 1 aromatic heterocycles. The van der Waals surface area contributed by atoms with E-state index in [-0.39, 0.29) is 29.1 Å². The number of aromatic nitrogens is 1. The van der Waals surface area contributed by atoms with Gasteiger partial charge in [-0.05, 0) is 18.9 Å².